The average molecular weight is 281 g/mol. The van der Waals surface area contributed by atoms with Crippen LogP contribution in [0.5, 0.6) is 0 Å². The lowest BCUT2D eigenvalue weighted by atomic mass is 10.2. The van der Waals surface area contributed by atoms with Crippen molar-refractivity contribution in [2.75, 3.05) is 5.32 Å². The molecule has 0 saturated heterocycles. The topological polar surface area (TPSA) is 29.9 Å². The minimum atomic E-state index is -0.218. The summed E-state index contributed by atoms with van der Waals surface area (Å²) in [6.07, 6.45) is 5.40. The predicted molar refractivity (Wildman–Crippen MR) is 82.0 cm³/mol. The molecule has 0 aliphatic carbocycles. The van der Waals surface area contributed by atoms with Gasteiger partial charge in [-0.3, -0.25) is 0 Å². The maximum Gasteiger partial charge on any atom is 0.146 e. The first-order chi connectivity index (χ1) is 10.2. The molecule has 2 aromatic carbocycles. The zero-order chi connectivity index (χ0) is 14.7. The van der Waals surface area contributed by atoms with Crippen molar-refractivity contribution in [1.82, 2.24) is 9.55 Å². The van der Waals surface area contributed by atoms with Gasteiger partial charge < -0.3 is 9.88 Å². The van der Waals surface area contributed by atoms with E-state index in [-0.39, 0.29) is 5.82 Å². The number of anilines is 1. The first-order valence-electron chi connectivity index (χ1n) is 6.80. The molecule has 0 amide bonds. The second-order valence-electron chi connectivity index (χ2n) is 4.97. The van der Waals surface area contributed by atoms with E-state index >= 15 is 0 Å². The molecule has 4 heteroatoms. The third-order valence-electron chi connectivity index (χ3n) is 3.35. The van der Waals surface area contributed by atoms with Gasteiger partial charge in [0.25, 0.3) is 0 Å². The van der Waals surface area contributed by atoms with E-state index in [0.717, 1.165) is 16.8 Å². The summed E-state index contributed by atoms with van der Waals surface area (Å²) < 4.78 is 15.7. The molecule has 0 aliphatic heterocycles. The van der Waals surface area contributed by atoms with Crippen LogP contribution in [0.3, 0.4) is 0 Å². The number of nitrogens with one attached hydrogen (secondary N) is 1. The molecule has 0 fully saturated rings. The van der Waals surface area contributed by atoms with E-state index in [1.54, 1.807) is 18.6 Å². The van der Waals surface area contributed by atoms with E-state index < -0.39 is 0 Å². The Morgan fingerprint density at radius 1 is 1.14 bits per heavy atom. The van der Waals surface area contributed by atoms with Gasteiger partial charge in [-0.2, -0.15) is 0 Å². The maximum absolute atomic E-state index is 13.7. The Bertz CT molecular complexity index is 718. The van der Waals surface area contributed by atoms with Crippen LogP contribution in [0.2, 0.25) is 0 Å². The van der Waals surface area contributed by atoms with E-state index in [1.165, 1.54) is 6.07 Å². The Hall–Kier alpha value is -2.62. The van der Waals surface area contributed by atoms with Crippen LogP contribution in [-0.4, -0.2) is 9.55 Å². The van der Waals surface area contributed by atoms with E-state index in [4.69, 9.17) is 0 Å². The number of hydrogen-bond acceptors (Lipinski definition) is 2. The van der Waals surface area contributed by atoms with E-state index in [2.05, 4.69) is 10.3 Å². The minimum absolute atomic E-state index is 0.218. The van der Waals surface area contributed by atoms with Crippen molar-refractivity contribution >= 4 is 5.69 Å². The van der Waals surface area contributed by atoms with Crippen LogP contribution in [0, 0.1) is 12.7 Å². The quantitative estimate of drug-likeness (QED) is 0.785. The molecule has 21 heavy (non-hydrogen) atoms. The Kier molecular flexibility index (Phi) is 3.69. The van der Waals surface area contributed by atoms with Gasteiger partial charge >= 0.3 is 0 Å². The first kappa shape index (κ1) is 13.4. The Labute approximate surface area is 123 Å². The van der Waals surface area contributed by atoms with Crippen LogP contribution in [0.25, 0.3) is 5.69 Å². The van der Waals surface area contributed by atoms with Crippen LogP contribution >= 0.6 is 0 Å². The van der Waals surface area contributed by atoms with E-state index in [9.17, 15) is 4.39 Å². The lowest BCUT2D eigenvalue weighted by Crippen LogP contribution is -2.02. The first-order valence-corrected chi connectivity index (χ1v) is 6.80. The van der Waals surface area contributed by atoms with Crippen molar-refractivity contribution in [3.63, 3.8) is 0 Å². The average Bonchev–Trinajstić information content (AvgIpc) is 3.01. The molecule has 0 spiro atoms. The van der Waals surface area contributed by atoms with Gasteiger partial charge in [0.2, 0.25) is 0 Å². The second kappa shape index (κ2) is 5.79. The van der Waals surface area contributed by atoms with Crippen molar-refractivity contribution in [3.8, 4) is 5.69 Å². The van der Waals surface area contributed by atoms with Crippen molar-refractivity contribution in [2.45, 2.75) is 13.5 Å². The van der Waals surface area contributed by atoms with E-state index in [1.807, 2.05) is 48.0 Å². The van der Waals surface area contributed by atoms with Crippen molar-refractivity contribution in [2.24, 2.45) is 0 Å². The van der Waals surface area contributed by atoms with E-state index in [0.29, 0.717) is 12.2 Å². The largest absolute Gasteiger partial charge is 0.379 e. The summed E-state index contributed by atoms with van der Waals surface area (Å²) in [5.74, 6) is -0.218. The number of aromatic nitrogens is 2. The lowest BCUT2D eigenvalue weighted by Gasteiger charge is -2.09. The number of benzene rings is 2. The second-order valence-corrected chi connectivity index (χ2v) is 4.97. The highest BCUT2D eigenvalue weighted by atomic mass is 19.1. The monoisotopic (exact) mass is 281 g/mol. The van der Waals surface area contributed by atoms with Crippen LogP contribution < -0.4 is 5.32 Å². The molecular formula is C17H16FN3. The number of nitrogens with zero attached hydrogens (tertiary/aromatic N) is 2. The number of hydrogen-bond donors (Lipinski definition) is 1. The number of aryl methyl sites for hydroxylation is 1. The fourth-order valence-corrected chi connectivity index (χ4v) is 2.16. The van der Waals surface area contributed by atoms with Gasteiger partial charge in [0.1, 0.15) is 5.82 Å². The van der Waals surface area contributed by atoms with Gasteiger partial charge in [-0.25, -0.2) is 9.37 Å². The number of halogens is 1. The Morgan fingerprint density at radius 2 is 1.95 bits per heavy atom. The molecule has 0 radical (unpaired) electrons. The molecule has 0 saturated carbocycles. The fraction of sp³-hybridized carbons (Fsp3) is 0.118. The zero-order valence-electron chi connectivity index (χ0n) is 11.8. The molecule has 1 N–H and O–H groups in total. The summed E-state index contributed by atoms with van der Waals surface area (Å²) in [4.78, 5) is 4.02. The van der Waals surface area contributed by atoms with Crippen LogP contribution in [0.15, 0.2) is 61.2 Å². The third kappa shape index (κ3) is 3.11. The molecule has 3 nitrogen and oxygen atoms in total. The molecule has 3 aromatic rings. The SMILES string of the molecule is Cc1ccc(NCc2ccc(-n3ccnc3)cc2)c(F)c1. The molecule has 0 aliphatic rings. The Morgan fingerprint density at radius 3 is 2.62 bits per heavy atom. The predicted octanol–water partition coefficient (Wildman–Crippen LogP) is 3.93. The van der Waals surface area contributed by atoms with Gasteiger partial charge in [0, 0.05) is 24.6 Å². The maximum atomic E-state index is 13.7. The van der Waals surface area contributed by atoms with Crippen LogP contribution in [0.1, 0.15) is 11.1 Å². The summed E-state index contributed by atoms with van der Waals surface area (Å²) in [5, 5.41) is 3.12. The molecule has 3 rings (SSSR count). The lowest BCUT2D eigenvalue weighted by molar-refractivity contribution is 0.629. The molecule has 106 valence electrons. The third-order valence-corrected chi connectivity index (χ3v) is 3.35. The van der Waals surface area contributed by atoms with Gasteiger partial charge in [0.15, 0.2) is 0 Å². The molecular weight excluding hydrogens is 265 g/mol. The highest BCUT2D eigenvalue weighted by Gasteiger charge is 2.02. The van der Waals surface area contributed by atoms with Crippen LogP contribution in [-0.2, 0) is 6.54 Å². The van der Waals surface area contributed by atoms with Gasteiger partial charge in [0.05, 0.1) is 12.0 Å². The van der Waals surface area contributed by atoms with Gasteiger partial charge in [-0.05, 0) is 42.3 Å². The normalized spacial score (nSPS) is 10.6. The highest BCUT2D eigenvalue weighted by Crippen LogP contribution is 2.17. The number of rotatable bonds is 4. The minimum Gasteiger partial charge on any atom is -0.379 e. The van der Waals surface area contributed by atoms with Crippen LogP contribution in [0.4, 0.5) is 10.1 Å². The summed E-state index contributed by atoms with van der Waals surface area (Å²) >= 11 is 0. The fourth-order valence-electron chi connectivity index (χ4n) is 2.16. The summed E-state index contributed by atoms with van der Waals surface area (Å²) in [6.45, 7) is 2.46. The molecule has 0 atom stereocenters. The van der Waals surface area contributed by atoms with Crippen molar-refractivity contribution in [3.05, 3.63) is 78.1 Å². The molecule has 1 heterocycles. The standard InChI is InChI=1S/C17H16FN3/c1-13-2-7-17(16(18)10-13)20-11-14-3-5-15(6-4-14)21-9-8-19-12-21/h2-10,12,20H,11H2,1H3. The molecule has 1 aromatic heterocycles. The van der Waals surface area contributed by atoms with Crippen molar-refractivity contribution in [1.29, 1.82) is 0 Å². The highest BCUT2D eigenvalue weighted by molar-refractivity contribution is 5.47. The summed E-state index contributed by atoms with van der Waals surface area (Å²) in [6, 6.07) is 13.3. The zero-order valence-corrected chi connectivity index (χ0v) is 11.8. The smallest absolute Gasteiger partial charge is 0.146 e. The van der Waals surface area contributed by atoms with Gasteiger partial charge in [-0.15, -0.1) is 0 Å². The number of imidazole rings is 1. The molecule has 0 unspecified atom stereocenters. The summed E-state index contributed by atoms with van der Waals surface area (Å²) in [7, 11) is 0. The van der Waals surface area contributed by atoms with Gasteiger partial charge in [-0.1, -0.05) is 18.2 Å². The summed E-state index contributed by atoms with van der Waals surface area (Å²) in [5.41, 5.74) is 3.60. The van der Waals surface area contributed by atoms with Crippen molar-refractivity contribution < 1.29 is 4.39 Å². The molecule has 0 bridgehead atoms. The Balaban J connectivity index is 1.68.